The van der Waals surface area contributed by atoms with Crippen molar-refractivity contribution in [2.24, 2.45) is 0 Å². The summed E-state index contributed by atoms with van der Waals surface area (Å²) < 4.78 is 1.03. The topological polar surface area (TPSA) is 54.0 Å². The highest BCUT2D eigenvalue weighted by Gasteiger charge is 2.22. The highest BCUT2D eigenvalue weighted by Crippen LogP contribution is 2.26. The van der Waals surface area contributed by atoms with Crippen LogP contribution in [-0.4, -0.2) is 29.5 Å². The molecule has 0 aliphatic carbocycles. The third-order valence-corrected chi connectivity index (χ3v) is 5.51. The van der Waals surface area contributed by atoms with Gasteiger partial charge in [0.1, 0.15) is 5.01 Å². The maximum atomic E-state index is 12.2. The maximum Gasteiger partial charge on any atom is 0.226 e. The van der Waals surface area contributed by atoms with Crippen molar-refractivity contribution < 1.29 is 4.79 Å². The molecule has 1 aromatic heterocycles. The molecule has 1 amide bonds. The number of thiazole rings is 1. The number of nitrogens with one attached hydrogen (secondary N) is 2. The number of amides is 1. The molecule has 4 nitrogen and oxygen atoms in total. The van der Waals surface area contributed by atoms with Crippen molar-refractivity contribution >= 4 is 58.0 Å². The highest BCUT2D eigenvalue weighted by atomic mass is 79.9. The first-order valence-electron chi connectivity index (χ1n) is 7.85. The molecule has 0 spiro atoms. The second-order valence-electron chi connectivity index (χ2n) is 5.89. The number of carbonyl (C=O) groups excluding carboxylic acids is 1. The summed E-state index contributed by atoms with van der Waals surface area (Å²) in [5.74, 6) is 0.0524. The number of benzene rings is 1. The second-order valence-corrected chi connectivity index (χ2v) is 7.66. The zero-order chi connectivity index (χ0) is 16.2. The number of piperidine rings is 1. The minimum atomic E-state index is 0. The Morgan fingerprint density at radius 2 is 2.24 bits per heavy atom. The van der Waals surface area contributed by atoms with Gasteiger partial charge in [-0.3, -0.25) is 4.79 Å². The third-order valence-electron chi connectivity index (χ3n) is 4.07. The molecule has 1 aliphatic rings. The Hall–Kier alpha value is -0.660. The number of halogens is 3. The lowest BCUT2D eigenvalue weighted by Crippen LogP contribution is -2.52. The lowest BCUT2D eigenvalue weighted by molar-refractivity contribution is -0.121. The van der Waals surface area contributed by atoms with E-state index in [4.69, 9.17) is 0 Å². The van der Waals surface area contributed by atoms with Gasteiger partial charge in [-0.2, -0.15) is 0 Å². The molecule has 0 saturated carbocycles. The summed E-state index contributed by atoms with van der Waals surface area (Å²) in [6, 6.07) is 8.61. The fraction of sp³-hybridized carbons (Fsp3) is 0.412. The number of carbonyl (C=O) groups is 1. The van der Waals surface area contributed by atoms with Crippen LogP contribution in [0.15, 0.2) is 34.1 Å². The van der Waals surface area contributed by atoms with Crippen LogP contribution in [0.1, 0.15) is 25.5 Å². The van der Waals surface area contributed by atoms with Crippen LogP contribution in [-0.2, 0) is 11.2 Å². The zero-order valence-electron chi connectivity index (χ0n) is 13.8. The second kappa shape index (κ2) is 10.5. The zero-order valence-corrected chi connectivity index (χ0v) is 17.9. The van der Waals surface area contributed by atoms with E-state index in [0.717, 1.165) is 40.1 Å². The van der Waals surface area contributed by atoms with Crippen molar-refractivity contribution in [3.05, 3.63) is 39.8 Å². The monoisotopic (exact) mass is 465 g/mol. The summed E-state index contributed by atoms with van der Waals surface area (Å²) in [5.41, 5.74) is 1.90. The van der Waals surface area contributed by atoms with Crippen LogP contribution in [0.5, 0.6) is 0 Å². The molecule has 1 fully saturated rings. The van der Waals surface area contributed by atoms with Gasteiger partial charge in [0.25, 0.3) is 0 Å². The first-order valence-corrected chi connectivity index (χ1v) is 9.52. The van der Waals surface area contributed by atoms with Gasteiger partial charge in [0, 0.05) is 27.5 Å². The van der Waals surface area contributed by atoms with E-state index in [9.17, 15) is 4.79 Å². The molecule has 8 heteroatoms. The molecular formula is C17H22BrCl2N3OS. The van der Waals surface area contributed by atoms with Gasteiger partial charge in [-0.25, -0.2) is 4.98 Å². The van der Waals surface area contributed by atoms with E-state index in [1.165, 1.54) is 0 Å². The van der Waals surface area contributed by atoms with Crippen LogP contribution in [0.4, 0.5) is 0 Å². The third kappa shape index (κ3) is 6.22. The first-order chi connectivity index (χ1) is 11.1. The van der Waals surface area contributed by atoms with Crippen LogP contribution in [0.3, 0.4) is 0 Å². The van der Waals surface area contributed by atoms with Gasteiger partial charge in [0.2, 0.25) is 5.91 Å². The molecule has 2 atom stereocenters. The molecular weight excluding hydrogens is 445 g/mol. The van der Waals surface area contributed by atoms with Gasteiger partial charge in [0.15, 0.2) is 0 Å². The number of hydrogen-bond donors (Lipinski definition) is 2. The van der Waals surface area contributed by atoms with Crippen molar-refractivity contribution in [1.29, 1.82) is 0 Å². The van der Waals surface area contributed by atoms with E-state index in [0.29, 0.717) is 12.5 Å². The maximum absolute atomic E-state index is 12.2. The van der Waals surface area contributed by atoms with Crippen molar-refractivity contribution in [1.82, 2.24) is 15.6 Å². The van der Waals surface area contributed by atoms with Gasteiger partial charge >= 0.3 is 0 Å². The number of rotatable bonds is 4. The average molecular weight is 467 g/mol. The predicted molar refractivity (Wildman–Crippen MR) is 112 cm³/mol. The average Bonchev–Trinajstić information content (AvgIpc) is 2.98. The minimum absolute atomic E-state index is 0. The van der Waals surface area contributed by atoms with Gasteiger partial charge in [-0.15, -0.1) is 36.2 Å². The smallest absolute Gasteiger partial charge is 0.226 e. The summed E-state index contributed by atoms with van der Waals surface area (Å²) in [5, 5.41) is 9.45. The summed E-state index contributed by atoms with van der Waals surface area (Å²) >= 11 is 5.05. The molecule has 3 rings (SSSR count). The first kappa shape index (κ1) is 22.4. The quantitative estimate of drug-likeness (QED) is 0.709. The van der Waals surface area contributed by atoms with Crippen molar-refractivity contribution in [2.45, 2.75) is 38.3 Å². The molecule has 2 aromatic rings. The van der Waals surface area contributed by atoms with E-state index in [-0.39, 0.29) is 36.8 Å². The van der Waals surface area contributed by atoms with Crippen LogP contribution >= 0.6 is 52.1 Å². The summed E-state index contributed by atoms with van der Waals surface area (Å²) in [7, 11) is 0. The lowest BCUT2D eigenvalue weighted by atomic mass is 10.00. The largest absolute Gasteiger partial charge is 0.351 e. The van der Waals surface area contributed by atoms with E-state index in [1.54, 1.807) is 11.3 Å². The van der Waals surface area contributed by atoms with E-state index in [1.807, 2.05) is 29.6 Å². The van der Waals surface area contributed by atoms with Crippen LogP contribution in [0, 0.1) is 0 Å². The molecule has 2 N–H and O–H groups in total. The molecule has 2 heterocycles. The molecule has 2 unspecified atom stereocenters. The van der Waals surface area contributed by atoms with Crippen molar-refractivity contribution in [2.75, 3.05) is 6.54 Å². The minimum Gasteiger partial charge on any atom is -0.351 e. The van der Waals surface area contributed by atoms with Gasteiger partial charge in [0.05, 0.1) is 12.1 Å². The summed E-state index contributed by atoms with van der Waals surface area (Å²) in [6.45, 7) is 3.16. The lowest BCUT2D eigenvalue weighted by Gasteiger charge is -2.30. The number of nitrogens with zero attached hydrogens (tertiary/aromatic N) is 1. The van der Waals surface area contributed by atoms with Crippen molar-refractivity contribution in [3.63, 3.8) is 0 Å². The normalized spacial score (nSPS) is 19.4. The molecule has 1 aromatic carbocycles. The highest BCUT2D eigenvalue weighted by molar-refractivity contribution is 9.10. The molecule has 138 valence electrons. The Labute approximate surface area is 173 Å². The standard InChI is InChI=1S/C17H20BrN3OS.2ClH/c1-11-15(6-3-7-19-11)21-16(22)9-14-10-23-17(20-14)12-4-2-5-13(18)8-12;;/h2,4-5,8,10-11,15,19H,3,6-7,9H2,1H3,(H,21,22);2*1H. The number of aromatic nitrogens is 1. The Morgan fingerprint density at radius 3 is 2.96 bits per heavy atom. The van der Waals surface area contributed by atoms with E-state index in [2.05, 4.69) is 38.5 Å². The Morgan fingerprint density at radius 1 is 1.44 bits per heavy atom. The van der Waals surface area contributed by atoms with Crippen LogP contribution in [0.2, 0.25) is 0 Å². The Kier molecular flexibility index (Phi) is 9.38. The van der Waals surface area contributed by atoms with Gasteiger partial charge in [-0.1, -0.05) is 28.1 Å². The fourth-order valence-electron chi connectivity index (χ4n) is 2.81. The summed E-state index contributed by atoms with van der Waals surface area (Å²) in [6.07, 6.45) is 2.49. The number of hydrogen-bond acceptors (Lipinski definition) is 4. The molecule has 0 radical (unpaired) electrons. The summed E-state index contributed by atoms with van der Waals surface area (Å²) in [4.78, 5) is 16.8. The Balaban J connectivity index is 0.00000156. The molecule has 1 aliphatic heterocycles. The molecule has 0 bridgehead atoms. The fourth-order valence-corrected chi connectivity index (χ4v) is 4.02. The molecule has 25 heavy (non-hydrogen) atoms. The Bertz CT molecular complexity index is 698. The van der Waals surface area contributed by atoms with E-state index < -0.39 is 0 Å². The van der Waals surface area contributed by atoms with Crippen LogP contribution < -0.4 is 10.6 Å². The molecule has 1 saturated heterocycles. The SMILES string of the molecule is CC1NCCCC1NC(=O)Cc1csc(-c2cccc(Br)c2)n1.Cl.Cl. The van der Waals surface area contributed by atoms with Crippen molar-refractivity contribution in [3.8, 4) is 10.6 Å². The van der Waals surface area contributed by atoms with Gasteiger partial charge < -0.3 is 10.6 Å². The van der Waals surface area contributed by atoms with Crippen LogP contribution in [0.25, 0.3) is 10.6 Å². The predicted octanol–water partition coefficient (Wildman–Crippen LogP) is 4.22. The van der Waals surface area contributed by atoms with Gasteiger partial charge in [-0.05, 0) is 38.4 Å². The van der Waals surface area contributed by atoms with E-state index >= 15 is 0 Å².